The van der Waals surface area contributed by atoms with Crippen molar-refractivity contribution in [2.45, 2.75) is 18.9 Å². The molecule has 2 aliphatic rings. The van der Waals surface area contributed by atoms with Gasteiger partial charge in [-0.2, -0.15) is 0 Å². The second kappa shape index (κ2) is 7.51. The van der Waals surface area contributed by atoms with Gasteiger partial charge in [-0.3, -0.25) is 9.59 Å². The van der Waals surface area contributed by atoms with Crippen molar-refractivity contribution in [3.05, 3.63) is 22.7 Å². The number of rotatable bonds is 3. The highest BCUT2D eigenvalue weighted by molar-refractivity contribution is 9.10. The van der Waals surface area contributed by atoms with Crippen molar-refractivity contribution < 1.29 is 14.3 Å². The first kappa shape index (κ1) is 18.0. The normalized spacial score (nSPS) is 19.9. The second-order valence-corrected chi connectivity index (χ2v) is 6.50. The Hall–Kier alpha value is -1.31. The SMILES string of the molecule is Cl.N[C@@H]1CCN(C(=O)CCN2C(=O)COc3cc(Br)ccc32)C1. The van der Waals surface area contributed by atoms with Gasteiger partial charge >= 0.3 is 0 Å². The molecule has 1 saturated heterocycles. The lowest BCUT2D eigenvalue weighted by atomic mass is 10.2. The van der Waals surface area contributed by atoms with Crippen LogP contribution in [0.25, 0.3) is 0 Å². The number of amides is 2. The summed E-state index contributed by atoms with van der Waals surface area (Å²) in [5, 5.41) is 0. The summed E-state index contributed by atoms with van der Waals surface area (Å²) < 4.78 is 6.33. The smallest absolute Gasteiger partial charge is 0.265 e. The summed E-state index contributed by atoms with van der Waals surface area (Å²) in [7, 11) is 0. The van der Waals surface area contributed by atoms with Crippen molar-refractivity contribution in [3.63, 3.8) is 0 Å². The van der Waals surface area contributed by atoms with E-state index in [1.807, 2.05) is 18.2 Å². The Labute approximate surface area is 149 Å². The molecule has 0 spiro atoms. The molecule has 0 unspecified atom stereocenters. The number of likely N-dealkylation sites (tertiary alicyclic amines) is 1. The summed E-state index contributed by atoms with van der Waals surface area (Å²) in [5.41, 5.74) is 6.54. The molecule has 0 aliphatic carbocycles. The first-order valence-corrected chi connectivity index (χ1v) is 8.10. The minimum Gasteiger partial charge on any atom is -0.482 e. The fourth-order valence-corrected chi connectivity index (χ4v) is 3.14. The van der Waals surface area contributed by atoms with E-state index in [9.17, 15) is 9.59 Å². The molecule has 8 heteroatoms. The molecule has 2 amide bonds. The number of anilines is 1. The molecule has 1 aromatic carbocycles. The Kier molecular flexibility index (Phi) is 5.89. The Morgan fingerprint density at radius 3 is 2.91 bits per heavy atom. The molecule has 126 valence electrons. The number of benzene rings is 1. The average molecular weight is 405 g/mol. The van der Waals surface area contributed by atoms with Crippen LogP contribution in [0.4, 0.5) is 5.69 Å². The zero-order valence-electron chi connectivity index (χ0n) is 12.5. The minimum absolute atomic E-state index is 0. The summed E-state index contributed by atoms with van der Waals surface area (Å²) in [6.45, 7) is 1.69. The zero-order valence-corrected chi connectivity index (χ0v) is 14.9. The van der Waals surface area contributed by atoms with Crippen LogP contribution in [0.1, 0.15) is 12.8 Å². The van der Waals surface area contributed by atoms with Crippen LogP contribution in [0.5, 0.6) is 5.75 Å². The molecule has 2 N–H and O–H groups in total. The molecule has 1 fully saturated rings. The van der Waals surface area contributed by atoms with E-state index in [-0.39, 0.29) is 36.9 Å². The van der Waals surface area contributed by atoms with E-state index < -0.39 is 0 Å². The molecule has 3 rings (SSSR count). The van der Waals surface area contributed by atoms with Crippen LogP contribution in [0, 0.1) is 0 Å². The van der Waals surface area contributed by atoms with Gasteiger partial charge in [-0.15, -0.1) is 12.4 Å². The second-order valence-electron chi connectivity index (χ2n) is 5.58. The number of nitrogens with zero attached hydrogens (tertiary/aromatic N) is 2. The number of hydrogen-bond acceptors (Lipinski definition) is 4. The highest BCUT2D eigenvalue weighted by Crippen LogP contribution is 2.34. The van der Waals surface area contributed by atoms with Crippen molar-refractivity contribution in [1.29, 1.82) is 0 Å². The van der Waals surface area contributed by atoms with Crippen molar-refractivity contribution in [3.8, 4) is 5.75 Å². The molecule has 0 saturated carbocycles. The van der Waals surface area contributed by atoms with Crippen molar-refractivity contribution in [1.82, 2.24) is 4.90 Å². The van der Waals surface area contributed by atoms with Gasteiger partial charge in [0.15, 0.2) is 6.61 Å². The first-order valence-electron chi connectivity index (χ1n) is 7.30. The van der Waals surface area contributed by atoms with Crippen molar-refractivity contribution in [2.24, 2.45) is 5.73 Å². The molecule has 1 aromatic rings. The lowest BCUT2D eigenvalue weighted by Crippen LogP contribution is -2.41. The van der Waals surface area contributed by atoms with E-state index >= 15 is 0 Å². The fourth-order valence-electron chi connectivity index (χ4n) is 2.80. The Morgan fingerprint density at radius 1 is 1.43 bits per heavy atom. The number of carbonyl (C=O) groups excluding carboxylic acids is 2. The quantitative estimate of drug-likeness (QED) is 0.829. The van der Waals surface area contributed by atoms with Gasteiger partial charge in [0.2, 0.25) is 5.91 Å². The number of halogens is 2. The average Bonchev–Trinajstić information content (AvgIpc) is 2.93. The number of ether oxygens (including phenoxy) is 1. The van der Waals surface area contributed by atoms with Gasteiger partial charge in [0.25, 0.3) is 5.91 Å². The van der Waals surface area contributed by atoms with Crippen LogP contribution in [0.3, 0.4) is 0 Å². The molecule has 6 nitrogen and oxygen atoms in total. The third kappa shape index (κ3) is 3.97. The summed E-state index contributed by atoms with van der Waals surface area (Å²) >= 11 is 3.38. The van der Waals surface area contributed by atoms with Crippen LogP contribution >= 0.6 is 28.3 Å². The first-order chi connectivity index (χ1) is 10.5. The van der Waals surface area contributed by atoms with Crippen LogP contribution in [0.15, 0.2) is 22.7 Å². The van der Waals surface area contributed by atoms with Gasteiger partial charge in [0.1, 0.15) is 5.75 Å². The van der Waals surface area contributed by atoms with Crippen LogP contribution in [-0.4, -0.2) is 49.0 Å². The standard InChI is InChI=1S/C15H18BrN3O3.ClH/c16-10-1-2-12-13(7-10)22-9-15(21)19(12)6-4-14(20)18-5-3-11(17)8-18;/h1-2,7,11H,3-6,8-9,17H2;1H/t11-;/m1./s1. The summed E-state index contributed by atoms with van der Waals surface area (Å²) in [6.07, 6.45) is 1.15. The molecule has 0 aromatic heterocycles. The van der Waals surface area contributed by atoms with Crippen molar-refractivity contribution in [2.75, 3.05) is 31.1 Å². The topological polar surface area (TPSA) is 75.9 Å². The summed E-state index contributed by atoms with van der Waals surface area (Å²) in [4.78, 5) is 27.7. The van der Waals surface area contributed by atoms with Gasteiger partial charge in [-0.1, -0.05) is 15.9 Å². The van der Waals surface area contributed by atoms with E-state index in [0.29, 0.717) is 37.5 Å². The van der Waals surface area contributed by atoms with Gasteiger partial charge in [0, 0.05) is 36.6 Å². The Morgan fingerprint density at radius 2 is 2.22 bits per heavy atom. The Balaban J connectivity index is 0.00000192. The van der Waals surface area contributed by atoms with E-state index in [1.165, 1.54) is 0 Å². The van der Waals surface area contributed by atoms with E-state index in [1.54, 1.807) is 9.80 Å². The predicted molar refractivity (Wildman–Crippen MR) is 93.0 cm³/mol. The predicted octanol–water partition coefficient (Wildman–Crippen LogP) is 1.55. The van der Waals surface area contributed by atoms with Gasteiger partial charge < -0.3 is 20.3 Å². The highest BCUT2D eigenvalue weighted by Gasteiger charge is 2.28. The van der Waals surface area contributed by atoms with E-state index in [2.05, 4.69) is 15.9 Å². The van der Waals surface area contributed by atoms with Gasteiger partial charge in [0.05, 0.1) is 5.69 Å². The largest absolute Gasteiger partial charge is 0.482 e. The molecule has 0 radical (unpaired) electrons. The Bertz CT molecular complexity index is 614. The summed E-state index contributed by atoms with van der Waals surface area (Å²) in [6, 6.07) is 5.59. The number of hydrogen-bond donors (Lipinski definition) is 1. The van der Waals surface area contributed by atoms with Crippen molar-refractivity contribution >= 4 is 45.8 Å². The molecular weight excluding hydrogens is 386 g/mol. The third-order valence-corrected chi connectivity index (χ3v) is 4.48. The molecule has 2 aliphatic heterocycles. The fraction of sp³-hybridized carbons (Fsp3) is 0.467. The highest BCUT2D eigenvalue weighted by atomic mass is 79.9. The maximum absolute atomic E-state index is 12.2. The van der Waals surface area contributed by atoms with Crippen LogP contribution in [0.2, 0.25) is 0 Å². The van der Waals surface area contributed by atoms with Gasteiger partial charge in [-0.25, -0.2) is 0 Å². The maximum Gasteiger partial charge on any atom is 0.265 e. The lowest BCUT2D eigenvalue weighted by Gasteiger charge is -2.29. The molecule has 1 atom stereocenters. The zero-order chi connectivity index (χ0) is 15.7. The lowest BCUT2D eigenvalue weighted by molar-refractivity contribution is -0.130. The van der Waals surface area contributed by atoms with Gasteiger partial charge in [-0.05, 0) is 24.6 Å². The monoisotopic (exact) mass is 403 g/mol. The molecule has 0 bridgehead atoms. The molecule has 2 heterocycles. The molecule has 23 heavy (non-hydrogen) atoms. The van der Waals surface area contributed by atoms with Crippen LogP contribution < -0.4 is 15.4 Å². The number of nitrogens with two attached hydrogens (primary N) is 1. The summed E-state index contributed by atoms with van der Waals surface area (Å²) in [5.74, 6) is 0.580. The van der Waals surface area contributed by atoms with E-state index in [0.717, 1.165) is 10.9 Å². The third-order valence-electron chi connectivity index (χ3n) is 3.99. The van der Waals surface area contributed by atoms with Crippen LogP contribution in [-0.2, 0) is 9.59 Å². The maximum atomic E-state index is 12.2. The van der Waals surface area contributed by atoms with E-state index in [4.69, 9.17) is 10.5 Å². The minimum atomic E-state index is -0.124. The number of fused-ring (bicyclic) bond motifs is 1. The molecular formula is C15H19BrClN3O3. The number of carbonyl (C=O) groups is 2.